The molecule has 1 saturated heterocycles. The summed E-state index contributed by atoms with van der Waals surface area (Å²) >= 11 is 1.34. The number of halogens is 1. The number of rotatable bonds is 6. The fourth-order valence-electron chi connectivity index (χ4n) is 5.55. The fourth-order valence-corrected chi connectivity index (χ4v) is 6.08. The van der Waals surface area contributed by atoms with Gasteiger partial charge in [-0.25, -0.2) is 14.4 Å². The van der Waals surface area contributed by atoms with Crippen LogP contribution in [-0.4, -0.2) is 56.4 Å². The Balaban J connectivity index is 1.25. The number of aryl methyl sites for hydroxylation is 1. The Morgan fingerprint density at radius 1 is 1.08 bits per heavy atom. The Morgan fingerprint density at radius 3 is 2.72 bits per heavy atom. The first-order chi connectivity index (χ1) is 19.1. The lowest BCUT2D eigenvalue weighted by Gasteiger charge is -2.29. The predicted molar refractivity (Wildman–Crippen MR) is 150 cm³/mol. The molecular weight excluding hydrogens is 515 g/mol. The summed E-state index contributed by atoms with van der Waals surface area (Å²) in [6.07, 6.45) is 6.85. The molecule has 11 heteroatoms. The molecule has 1 atom stereocenters. The number of aromatic nitrogens is 5. The van der Waals surface area contributed by atoms with E-state index >= 15 is 4.39 Å². The SMILES string of the molecule is O=C(Nc1nccs1)C(c1ncn2c1CCC2)n1cc2c(F)cc(-c3ccc(N4CCNCC4)cc3)cc2n1. The Morgan fingerprint density at radius 2 is 1.92 bits per heavy atom. The number of hydrogen-bond acceptors (Lipinski definition) is 7. The number of imidazole rings is 1. The van der Waals surface area contributed by atoms with Crippen molar-refractivity contribution in [3.63, 3.8) is 0 Å². The average molecular weight is 543 g/mol. The third kappa shape index (κ3) is 4.47. The van der Waals surface area contributed by atoms with Crippen LogP contribution in [0.4, 0.5) is 15.2 Å². The fraction of sp³-hybridized carbons (Fsp3) is 0.286. The maximum atomic E-state index is 15.5. The van der Waals surface area contributed by atoms with E-state index in [0.717, 1.165) is 68.1 Å². The van der Waals surface area contributed by atoms with Crippen molar-refractivity contribution >= 4 is 39.0 Å². The lowest BCUT2D eigenvalue weighted by molar-refractivity contribution is -0.118. The molecule has 1 fully saturated rings. The summed E-state index contributed by atoms with van der Waals surface area (Å²) in [4.78, 5) is 24.7. The largest absolute Gasteiger partial charge is 0.369 e. The van der Waals surface area contributed by atoms with Gasteiger partial charge in [0.25, 0.3) is 5.91 Å². The van der Waals surface area contributed by atoms with Crippen LogP contribution in [0.5, 0.6) is 0 Å². The molecule has 5 heterocycles. The van der Waals surface area contributed by atoms with E-state index in [1.54, 1.807) is 24.1 Å². The standard InChI is InChI=1S/C28H27FN8OS/c29-22-14-19(18-3-5-20(6-4-18)35-11-7-30-8-12-35)15-23-21(22)16-37(34-23)26(27(38)33-28-31-9-13-39-28)25-24-2-1-10-36(24)17-32-25/h3-6,9,13-17,26,30H,1-2,7-8,10-12H2,(H,31,33,38). The number of piperazine rings is 1. The Kier molecular flexibility index (Phi) is 6.09. The summed E-state index contributed by atoms with van der Waals surface area (Å²) in [5.41, 5.74) is 4.95. The van der Waals surface area contributed by atoms with Crippen LogP contribution in [0.3, 0.4) is 0 Å². The Hall–Kier alpha value is -4.09. The molecular formula is C28H27FN8OS. The summed E-state index contributed by atoms with van der Waals surface area (Å²) in [6, 6.07) is 10.8. The molecule has 198 valence electrons. The zero-order valence-corrected chi connectivity index (χ0v) is 22.0. The van der Waals surface area contributed by atoms with Crippen LogP contribution in [0.2, 0.25) is 0 Å². The molecule has 39 heavy (non-hydrogen) atoms. The second-order valence-electron chi connectivity index (χ2n) is 9.89. The zero-order chi connectivity index (χ0) is 26.3. The van der Waals surface area contributed by atoms with Gasteiger partial charge in [0.15, 0.2) is 11.2 Å². The molecule has 7 rings (SSSR count). The Labute approximate surface area is 228 Å². The second kappa shape index (κ2) is 9.90. The quantitative estimate of drug-likeness (QED) is 0.336. The van der Waals surface area contributed by atoms with Crippen molar-refractivity contribution in [3.05, 3.63) is 77.7 Å². The van der Waals surface area contributed by atoms with Gasteiger partial charge in [-0.05, 0) is 48.2 Å². The molecule has 0 saturated carbocycles. The highest BCUT2D eigenvalue weighted by molar-refractivity contribution is 7.13. The van der Waals surface area contributed by atoms with Crippen molar-refractivity contribution in [2.75, 3.05) is 36.4 Å². The molecule has 9 nitrogen and oxygen atoms in total. The lowest BCUT2D eigenvalue weighted by atomic mass is 10.0. The first-order valence-corrected chi connectivity index (χ1v) is 14.0. The number of thiazole rings is 1. The van der Waals surface area contributed by atoms with E-state index in [1.165, 1.54) is 22.1 Å². The summed E-state index contributed by atoms with van der Waals surface area (Å²) in [5, 5.41) is 13.6. The highest BCUT2D eigenvalue weighted by atomic mass is 32.1. The molecule has 3 aromatic heterocycles. The van der Waals surface area contributed by atoms with Crippen molar-refractivity contribution < 1.29 is 9.18 Å². The van der Waals surface area contributed by atoms with Crippen LogP contribution >= 0.6 is 11.3 Å². The van der Waals surface area contributed by atoms with Gasteiger partial charge >= 0.3 is 0 Å². The van der Waals surface area contributed by atoms with Crippen molar-refractivity contribution in [1.29, 1.82) is 0 Å². The Bertz CT molecular complexity index is 1640. The van der Waals surface area contributed by atoms with Crippen molar-refractivity contribution in [2.45, 2.75) is 25.4 Å². The number of nitrogens with one attached hydrogen (secondary N) is 2. The van der Waals surface area contributed by atoms with E-state index < -0.39 is 6.04 Å². The molecule has 1 unspecified atom stereocenters. The molecule has 0 bridgehead atoms. The monoisotopic (exact) mass is 542 g/mol. The molecule has 2 N–H and O–H groups in total. The van der Waals surface area contributed by atoms with Gasteiger partial charge in [-0.1, -0.05) is 12.1 Å². The number of anilines is 2. The van der Waals surface area contributed by atoms with Gasteiger partial charge in [0, 0.05) is 61.9 Å². The topological polar surface area (TPSA) is 92.9 Å². The summed E-state index contributed by atoms with van der Waals surface area (Å²) in [5.74, 6) is -0.690. The normalized spacial score (nSPS) is 16.0. The van der Waals surface area contributed by atoms with Crippen LogP contribution in [0.1, 0.15) is 23.9 Å². The number of fused-ring (bicyclic) bond motifs is 2. The first-order valence-electron chi connectivity index (χ1n) is 13.1. The maximum Gasteiger partial charge on any atom is 0.257 e. The van der Waals surface area contributed by atoms with Gasteiger partial charge in [-0.15, -0.1) is 11.3 Å². The van der Waals surface area contributed by atoms with Gasteiger partial charge in [0.2, 0.25) is 0 Å². The van der Waals surface area contributed by atoms with E-state index in [1.807, 2.05) is 18.2 Å². The molecule has 2 aliphatic rings. The number of amides is 1. The highest BCUT2D eigenvalue weighted by Crippen LogP contribution is 2.32. The van der Waals surface area contributed by atoms with Crippen molar-refractivity contribution in [3.8, 4) is 11.1 Å². The zero-order valence-electron chi connectivity index (χ0n) is 21.2. The molecule has 0 spiro atoms. The van der Waals surface area contributed by atoms with E-state index in [4.69, 9.17) is 5.10 Å². The van der Waals surface area contributed by atoms with Crippen molar-refractivity contribution in [1.82, 2.24) is 29.6 Å². The molecule has 0 aliphatic carbocycles. The smallest absolute Gasteiger partial charge is 0.257 e. The van der Waals surface area contributed by atoms with Gasteiger partial charge in [-0.3, -0.25) is 14.8 Å². The first kappa shape index (κ1) is 24.0. The molecule has 0 radical (unpaired) electrons. The number of nitrogens with zero attached hydrogens (tertiary/aromatic N) is 6. The van der Waals surface area contributed by atoms with Crippen LogP contribution < -0.4 is 15.5 Å². The van der Waals surface area contributed by atoms with E-state index in [0.29, 0.717) is 21.7 Å². The second-order valence-corrected chi connectivity index (χ2v) is 10.8. The van der Waals surface area contributed by atoms with Gasteiger partial charge in [0.05, 0.1) is 22.9 Å². The van der Waals surface area contributed by atoms with E-state index in [9.17, 15) is 4.79 Å². The number of hydrogen-bond donors (Lipinski definition) is 2. The number of carbonyl (C=O) groups is 1. The molecule has 1 amide bonds. The lowest BCUT2D eigenvalue weighted by Crippen LogP contribution is -2.43. The third-order valence-electron chi connectivity index (χ3n) is 7.50. The number of benzene rings is 2. The minimum absolute atomic E-state index is 0.310. The van der Waals surface area contributed by atoms with Gasteiger partial charge in [0.1, 0.15) is 5.82 Å². The minimum Gasteiger partial charge on any atom is -0.369 e. The summed E-state index contributed by atoms with van der Waals surface area (Å²) in [6.45, 7) is 4.74. The minimum atomic E-state index is -0.850. The summed E-state index contributed by atoms with van der Waals surface area (Å²) in [7, 11) is 0. The van der Waals surface area contributed by atoms with Gasteiger partial charge in [-0.2, -0.15) is 5.10 Å². The van der Waals surface area contributed by atoms with Crippen LogP contribution in [-0.2, 0) is 17.8 Å². The van der Waals surface area contributed by atoms with Crippen molar-refractivity contribution in [2.24, 2.45) is 0 Å². The summed E-state index contributed by atoms with van der Waals surface area (Å²) < 4.78 is 19.1. The number of carbonyl (C=O) groups excluding carboxylic acids is 1. The molecule has 5 aromatic rings. The predicted octanol–water partition coefficient (Wildman–Crippen LogP) is 4.08. The van der Waals surface area contributed by atoms with E-state index in [-0.39, 0.29) is 11.7 Å². The highest BCUT2D eigenvalue weighted by Gasteiger charge is 2.32. The maximum absolute atomic E-state index is 15.5. The molecule has 2 aromatic carbocycles. The average Bonchev–Trinajstić information content (AvgIpc) is 3.76. The third-order valence-corrected chi connectivity index (χ3v) is 8.19. The van der Waals surface area contributed by atoms with E-state index in [2.05, 4.69) is 42.2 Å². The van der Waals surface area contributed by atoms with Crippen LogP contribution in [0, 0.1) is 5.82 Å². The van der Waals surface area contributed by atoms with Crippen LogP contribution in [0.15, 0.2) is 60.5 Å². The molecule has 2 aliphatic heterocycles. The van der Waals surface area contributed by atoms with Gasteiger partial charge < -0.3 is 14.8 Å². The van der Waals surface area contributed by atoms with Crippen LogP contribution in [0.25, 0.3) is 22.0 Å².